The van der Waals surface area contributed by atoms with E-state index in [1.165, 1.54) is 0 Å². The highest BCUT2D eigenvalue weighted by atomic mass is 35.5. The van der Waals surface area contributed by atoms with Crippen LogP contribution in [-0.2, 0) is 10.9 Å². The van der Waals surface area contributed by atoms with Crippen molar-refractivity contribution in [1.82, 2.24) is 19.9 Å². The number of aromatic nitrogens is 3. The van der Waals surface area contributed by atoms with E-state index in [0.29, 0.717) is 29.1 Å². The molecule has 4 N–H and O–H groups in total. The Bertz CT molecular complexity index is 791. The molecule has 1 aliphatic heterocycles. The Morgan fingerprint density at radius 2 is 1.88 bits per heavy atom. The van der Waals surface area contributed by atoms with Crippen molar-refractivity contribution in [2.24, 2.45) is 5.92 Å². The smallest absolute Gasteiger partial charge is 0.241 e. The molecule has 1 aliphatic rings. The lowest BCUT2D eigenvalue weighted by atomic mass is 9.86. The number of piperidine rings is 1. The number of rotatable bonds is 5. The van der Waals surface area contributed by atoms with Gasteiger partial charge in [0.15, 0.2) is 0 Å². The van der Waals surface area contributed by atoms with E-state index < -0.39 is 10.9 Å². The van der Waals surface area contributed by atoms with Gasteiger partial charge in [0, 0.05) is 29.2 Å². The third-order valence-electron chi connectivity index (χ3n) is 4.29. The van der Waals surface area contributed by atoms with Crippen LogP contribution in [-0.4, -0.2) is 36.7 Å². The van der Waals surface area contributed by atoms with Crippen molar-refractivity contribution in [3.63, 3.8) is 0 Å². The van der Waals surface area contributed by atoms with Crippen molar-refractivity contribution >= 4 is 46.0 Å². The maximum absolute atomic E-state index is 11.3. The van der Waals surface area contributed by atoms with E-state index in [4.69, 9.17) is 28.9 Å². The molecule has 8 nitrogen and oxygen atoms in total. The van der Waals surface area contributed by atoms with Crippen molar-refractivity contribution < 1.29 is 8.42 Å². The molecule has 0 spiro atoms. The summed E-state index contributed by atoms with van der Waals surface area (Å²) in [5.74, 6) is 0.939. The lowest BCUT2D eigenvalue weighted by molar-refractivity contribution is 0.327. The summed E-state index contributed by atoms with van der Waals surface area (Å²) in [5, 5.41) is 7.57. The van der Waals surface area contributed by atoms with E-state index in [1.807, 2.05) is 4.90 Å². The van der Waals surface area contributed by atoms with Crippen molar-refractivity contribution in [3.05, 3.63) is 33.8 Å². The molecule has 1 aromatic heterocycles. The fraction of sp³-hybridized carbons (Fsp3) is 0.429. The maximum atomic E-state index is 11.3. The second kappa shape index (κ2) is 7.77. The highest BCUT2D eigenvalue weighted by molar-refractivity contribution is 7.70. The molecule has 0 radical (unpaired) electrons. The second-order valence-electron chi connectivity index (χ2n) is 5.91. The quantitative estimate of drug-likeness (QED) is 0.564. The van der Waals surface area contributed by atoms with Crippen LogP contribution in [0.2, 0.25) is 10.0 Å². The topological polar surface area (TPSA) is 117 Å². The van der Waals surface area contributed by atoms with Gasteiger partial charge in [0.2, 0.25) is 22.8 Å². The van der Waals surface area contributed by atoms with Crippen molar-refractivity contribution in [2.45, 2.75) is 18.9 Å². The predicted molar refractivity (Wildman–Crippen MR) is 98.4 cm³/mol. The standard InChI is InChI=1S/C14H18Cl2N6O2S/c15-10-5-9(6-11(16)7-10)12(21-25(23)24)8-1-3-22(4-2-8)14-18-13(17)19-20-14/h5-8,12,25H,1-4H2,(H,21,23,24)(H3,17,18,19,20). The monoisotopic (exact) mass is 404 g/mol. The number of thiol groups is 1. The third kappa shape index (κ3) is 4.55. The normalized spacial score (nSPS) is 17.2. The minimum atomic E-state index is -2.75. The zero-order valence-corrected chi connectivity index (χ0v) is 15.6. The number of hydrogen-bond acceptors (Lipinski definition) is 6. The summed E-state index contributed by atoms with van der Waals surface area (Å²) in [6.45, 7) is 1.42. The molecular weight excluding hydrogens is 387 g/mol. The third-order valence-corrected chi connectivity index (χ3v) is 5.22. The number of hydrogen-bond donors (Lipinski definition) is 4. The first kappa shape index (κ1) is 18.2. The van der Waals surface area contributed by atoms with E-state index in [0.717, 1.165) is 18.4 Å². The van der Waals surface area contributed by atoms with Gasteiger partial charge in [0.05, 0.1) is 0 Å². The van der Waals surface area contributed by atoms with Gasteiger partial charge >= 0.3 is 0 Å². The number of anilines is 2. The molecule has 25 heavy (non-hydrogen) atoms. The molecule has 0 bridgehead atoms. The summed E-state index contributed by atoms with van der Waals surface area (Å²) in [4.78, 5) is 6.16. The van der Waals surface area contributed by atoms with E-state index in [9.17, 15) is 8.42 Å². The van der Waals surface area contributed by atoms with Crippen LogP contribution < -0.4 is 15.4 Å². The molecule has 1 fully saturated rings. The van der Waals surface area contributed by atoms with Crippen molar-refractivity contribution in [3.8, 4) is 0 Å². The van der Waals surface area contributed by atoms with E-state index >= 15 is 0 Å². The van der Waals surface area contributed by atoms with E-state index in [1.54, 1.807) is 18.2 Å². The molecule has 3 rings (SSSR count). The maximum Gasteiger partial charge on any atom is 0.241 e. The fourth-order valence-electron chi connectivity index (χ4n) is 3.17. The lowest BCUT2D eigenvalue weighted by Gasteiger charge is -2.35. The first-order valence-corrected chi connectivity index (χ1v) is 9.65. The van der Waals surface area contributed by atoms with Gasteiger partial charge in [-0.25, -0.2) is 18.2 Å². The largest absolute Gasteiger partial charge is 0.366 e. The van der Waals surface area contributed by atoms with Gasteiger partial charge in [-0.1, -0.05) is 23.2 Å². The molecule has 0 aliphatic carbocycles. The van der Waals surface area contributed by atoms with Crippen LogP contribution in [0.1, 0.15) is 24.4 Å². The Morgan fingerprint density at radius 3 is 2.40 bits per heavy atom. The molecule has 1 atom stereocenters. The summed E-state index contributed by atoms with van der Waals surface area (Å²) in [6.07, 6.45) is 1.54. The number of nitrogens with two attached hydrogens (primary N) is 1. The molecule has 11 heteroatoms. The number of aromatic amines is 1. The molecule has 2 heterocycles. The Labute approximate surface area is 156 Å². The first-order valence-electron chi connectivity index (χ1n) is 7.72. The van der Waals surface area contributed by atoms with Gasteiger partial charge in [-0.15, -0.1) is 5.10 Å². The minimum absolute atomic E-state index is 0.110. The summed E-state index contributed by atoms with van der Waals surface area (Å²) >= 11 is 12.1. The molecule has 1 unspecified atom stereocenters. The highest BCUT2D eigenvalue weighted by Crippen LogP contribution is 2.34. The van der Waals surface area contributed by atoms with Crippen LogP contribution >= 0.6 is 23.2 Å². The SMILES string of the molecule is Nc1n[nH]c(N2CCC(C(N[SH](=O)=O)c3cc(Cl)cc(Cl)c3)CC2)n1. The zero-order valence-electron chi connectivity index (χ0n) is 13.2. The minimum Gasteiger partial charge on any atom is -0.366 e. The summed E-state index contributed by atoms with van der Waals surface area (Å²) in [5.41, 5.74) is 6.30. The number of nitrogen functional groups attached to an aromatic ring is 1. The molecule has 2 aromatic rings. The highest BCUT2D eigenvalue weighted by Gasteiger charge is 2.29. The van der Waals surface area contributed by atoms with Crippen LogP contribution in [0, 0.1) is 5.92 Å². The zero-order chi connectivity index (χ0) is 18.0. The molecule has 136 valence electrons. The van der Waals surface area contributed by atoms with Gasteiger partial charge in [-0.05, 0) is 42.5 Å². The molecular formula is C14H18Cl2N6O2S. The van der Waals surface area contributed by atoms with Crippen LogP contribution in [0.3, 0.4) is 0 Å². The van der Waals surface area contributed by atoms with Crippen LogP contribution in [0.25, 0.3) is 0 Å². The Morgan fingerprint density at radius 1 is 1.24 bits per heavy atom. The van der Waals surface area contributed by atoms with Gasteiger partial charge in [0.1, 0.15) is 0 Å². The summed E-state index contributed by atoms with van der Waals surface area (Å²) < 4.78 is 25.2. The fourth-order valence-corrected chi connectivity index (χ4v) is 4.30. The van der Waals surface area contributed by atoms with E-state index in [2.05, 4.69) is 19.9 Å². The van der Waals surface area contributed by atoms with Crippen LogP contribution in [0.5, 0.6) is 0 Å². The van der Waals surface area contributed by atoms with Crippen molar-refractivity contribution in [1.29, 1.82) is 0 Å². The molecule has 1 aromatic carbocycles. The average Bonchev–Trinajstić information content (AvgIpc) is 2.98. The predicted octanol–water partition coefficient (Wildman–Crippen LogP) is 1.77. The van der Waals surface area contributed by atoms with Crippen LogP contribution in [0.4, 0.5) is 11.9 Å². The Balaban J connectivity index is 1.76. The first-order chi connectivity index (χ1) is 11.9. The molecule has 1 saturated heterocycles. The summed E-state index contributed by atoms with van der Waals surface area (Å²) in [7, 11) is -2.75. The molecule has 0 amide bonds. The number of nitrogens with zero attached hydrogens (tertiary/aromatic N) is 3. The lowest BCUT2D eigenvalue weighted by Crippen LogP contribution is -2.39. The van der Waals surface area contributed by atoms with Crippen LogP contribution in [0.15, 0.2) is 18.2 Å². The number of H-pyrrole nitrogens is 1. The number of benzene rings is 1. The molecule has 0 saturated carbocycles. The summed E-state index contributed by atoms with van der Waals surface area (Å²) in [6, 6.07) is 4.73. The number of halogens is 2. The Kier molecular flexibility index (Phi) is 5.67. The van der Waals surface area contributed by atoms with Crippen molar-refractivity contribution in [2.75, 3.05) is 23.7 Å². The second-order valence-corrected chi connectivity index (χ2v) is 7.55. The van der Waals surface area contributed by atoms with Gasteiger partial charge in [-0.3, -0.25) is 0 Å². The van der Waals surface area contributed by atoms with Gasteiger partial charge in [0.25, 0.3) is 0 Å². The van der Waals surface area contributed by atoms with Gasteiger partial charge < -0.3 is 10.6 Å². The number of nitrogens with one attached hydrogen (secondary N) is 2. The van der Waals surface area contributed by atoms with Gasteiger partial charge in [-0.2, -0.15) is 4.98 Å². The van der Waals surface area contributed by atoms with E-state index in [-0.39, 0.29) is 17.9 Å². The Hall–Kier alpha value is -1.55. The average molecular weight is 405 g/mol.